The molecule has 390 valence electrons. The Bertz CT molecular complexity index is 2050. The summed E-state index contributed by atoms with van der Waals surface area (Å²) in [6.07, 6.45) is -10.9. The number of hydrogen-bond acceptors (Lipinski definition) is 17. The monoisotopic (exact) mass is 979 g/mol. The van der Waals surface area contributed by atoms with Crippen molar-refractivity contribution in [1.29, 1.82) is 0 Å². The fourth-order valence-electron chi connectivity index (χ4n) is 14.6. The number of aliphatic hydroxyl groups excluding tert-OH is 8. The molecular formula is C51H78O18. The lowest BCUT2D eigenvalue weighted by molar-refractivity contribution is -0.358. The van der Waals surface area contributed by atoms with E-state index < -0.39 is 149 Å². The molecule has 2 aliphatic heterocycles. The Labute approximate surface area is 404 Å². The summed E-state index contributed by atoms with van der Waals surface area (Å²) in [6.45, 7) is 18.0. The van der Waals surface area contributed by atoms with Crippen LogP contribution in [0.15, 0.2) is 34.9 Å². The molecule has 2 saturated heterocycles. The van der Waals surface area contributed by atoms with Crippen LogP contribution in [0.2, 0.25) is 0 Å². The lowest BCUT2D eigenvalue weighted by Gasteiger charge is -2.72. The highest BCUT2D eigenvalue weighted by molar-refractivity contribution is 5.89. The van der Waals surface area contributed by atoms with Gasteiger partial charge in [0.2, 0.25) is 0 Å². The average Bonchev–Trinajstić information content (AvgIpc) is 3.29. The molecule has 7 rings (SSSR count). The molecule has 0 amide bonds. The lowest BCUT2D eigenvalue weighted by atomic mass is 9.33. The minimum absolute atomic E-state index is 0.00913. The number of ether oxygens (including phenoxy) is 6. The summed E-state index contributed by atoms with van der Waals surface area (Å²) in [5.41, 5.74) is -2.90. The highest BCUT2D eigenvalue weighted by Gasteiger charge is 2.74. The number of carbonyl (C=O) groups excluding carboxylic acids is 2. The maximum atomic E-state index is 13.7. The van der Waals surface area contributed by atoms with Crippen molar-refractivity contribution in [2.45, 2.75) is 194 Å². The van der Waals surface area contributed by atoms with Crippen LogP contribution in [-0.4, -0.2) is 163 Å². The summed E-state index contributed by atoms with van der Waals surface area (Å²) < 4.78 is 35.9. The first-order chi connectivity index (χ1) is 32.2. The van der Waals surface area contributed by atoms with Crippen LogP contribution in [-0.2, 0) is 42.8 Å². The fraction of sp³-hybridized carbons (Fsp3) is 0.824. The minimum atomic E-state index is -1.96. The van der Waals surface area contributed by atoms with E-state index in [1.807, 2.05) is 20.8 Å². The summed E-state index contributed by atoms with van der Waals surface area (Å²) in [4.78, 5) is 39.6. The summed E-state index contributed by atoms with van der Waals surface area (Å²) in [6, 6.07) is 0. The van der Waals surface area contributed by atoms with E-state index >= 15 is 0 Å². The number of allylic oxidation sites excluding steroid dienone is 4. The smallest absolute Gasteiger partial charge is 0.335 e. The molecule has 2 heterocycles. The van der Waals surface area contributed by atoms with Crippen molar-refractivity contribution in [3.63, 3.8) is 0 Å². The van der Waals surface area contributed by atoms with Gasteiger partial charge in [0.15, 0.2) is 24.8 Å². The molecule has 0 radical (unpaired) electrons. The predicted octanol–water partition coefficient (Wildman–Crippen LogP) is 2.44. The lowest BCUT2D eigenvalue weighted by Crippen LogP contribution is -2.72. The molecule has 0 aromatic rings. The fourth-order valence-corrected chi connectivity index (χ4v) is 14.6. The topological polar surface area (TPSA) is 289 Å². The second-order valence-corrected chi connectivity index (χ2v) is 23.0. The third-order valence-corrected chi connectivity index (χ3v) is 19.2. The number of rotatable bonds is 11. The van der Waals surface area contributed by atoms with Gasteiger partial charge in [0.25, 0.3) is 0 Å². The molecule has 9 N–H and O–H groups in total. The molecule has 18 nitrogen and oxygen atoms in total. The normalized spacial score (nSPS) is 48.7. The van der Waals surface area contributed by atoms with Crippen LogP contribution < -0.4 is 0 Å². The zero-order valence-electron chi connectivity index (χ0n) is 41.7. The molecular weight excluding hydrogens is 901 g/mol. The second-order valence-electron chi connectivity index (χ2n) is 23.0. The third-order valence-electron chi connectivity index (χ3n) is 19.2. The van der Waals surface area contributed by atoms with E-state index in [1.54, 1.807) is 39.8 Å². The molecule has 0 unspecified atom stereocenters. The number of carbonyl (C=O) groups is 3. The van der Waals surface area contributed by atoms with E-state index in [0.717, 1.165) is 5.57 Å². The molecule has 0 bridgehead atoms. The molecule has 18 heteroatoms. The molecule has 4 saturated carbocycles. The Kier molecular flexibility index (Phi) is 15.0. The van der Waals surface area contributed by atoms with Crippen LogP contribution in [0.25, 0.3) is 0 Å². The number of hydrogen-bond donors (Lipinski definition) is 9. The largest absolute Gasteiger partial charge is 0.479 e. The SMILES string of the molecule is CC=C(C)C(=O)O[C@H]1[C@H](OC(=O)/C(C)=C/C)[C@]2(CO)[C@H](O)C[C@]3(C)C(=CC[C@@H]4[C@@]5(C)CC[C@H](O[C@@H]6O[C@H](C(=O)O)[C@@H](O)[C@H](O[C@@H]7OC[C@H](O)[C@H](O)[C@H]7O)[C@H]6O)[C@@](C)(CO)[C@@H]5CC[C@]43C)[C@@H]2CC1(C)C. The first kappa shape index (κ1) is 53.9. The van der Waals surface area contributed by atoms with Gasteiger partial charge in [0, 0.05) is 22.0 Å². The van der Waals surface area contributed by atoms with Gasteiger partial charge >= 0.3 is 17.9 Å². The molecule has 5 aliphatic carbocycles. The Morgan fingerprint density at radius 1 is 0.754 bits per heavy atom. The van der Waals surface area contributed by atoms with Gasteiger partial charge in [-0.25, -0.2) is 14.4 Å². The molecule has 69 heavy (non-hydrogen) atoms. The zero-order chi connectivity index (χ0) is 51.1. The van der Waals surface area contributed by atoms with Gasteiger partial charge in [0.1, 0.15) is 42.7 Å². The highest BCUT2D eigenvalue weighted by Crippen LogP contribution is 2.76. The standard InChI is InChI=1S/C51H78O18/c1-11-24(3)42(62)68-39-40(69-43(63)25(4)12-2)51(23-53)27(19-46(39,5)6)26-13-14-30-47(7)17-16-32(48(8,22-52)29(47)15-18-49(30,9)50(26,10)20-31(51)55)65-45-36(59)37(35(58)38(67-45)41(60)61)66-44-34(57)33(56)28(54)21-64-44/h11-13,27-40,44-45,52-59H,14-23H2,1-10H3,(H,60,61)/b24-11?,25-12+/t27-,28-,29+,30+,31+,32-,33-,34+,35-,36+,37-,38-,39-,40-,44-,45+,47-,48-,49+,50+,51-/m0/s1. The van der Waals surface area contributed by atoms with Crippen molar-refractivity contribution in [1.82, 2.24) is 0 Å². The van der Waals surface area contributed by atoms with Crippen molar-refractivity contribution in [3.05, 3.63) is 34.9 Å². The van der Waals surface area contributed by atoms with Crippen molar-refractivity contribution in [2.24, 2.45) is 50.2 Å². The van der Waals surface area contributed by atoms with E-state index in [2.05, 4.69) is 26.8 Å². The molecule has 7 aliphatic rings. The van der Waals surface area contributed by atoms with Crippen molar-refractivity contribution in [2.75, 3.05) is 19.8 Å². The van der Waals surface area contributed by atoms with Crippen LogP contribution in [0.3, 0.4) is 0 Å². The highest BCUT2D eigenvalue weighted by atomic mass is 16.7. The van der Waals surface area contributed by atoms with Crippen LogP contribution >= 0.6 is 0 Å². The van der Waals surface area contributed by atoms with E-state index in [0.29, 0.717) is 49.7 Å². The van der Waals surface area contributed by atoms with Crippen molar-refractivity contribution < 1.29 is 88.8 Å². The van der Waals surface area contributed by atoms with Gasteiger partial charge in [-0.1, -0.05) is 65.3 Å². The predicted molar refractivity (Wildman–Crippen MR) is 244 cm³/mol. The van der Waals surface area contributed by atoms with Gasteiger partial charge in [-0.2, -0.15) is 0 Å². The van der Waals surface area contributed by atoms with E-state index in [4.69, 9.17) is 28.4 Å². The van der Waals surface area contributed by atoms with E-state index in [-0.39, 0.29) is 24.9 Å². The summed E-state index contributed by atoms with van der Waals surface area (Å²) in [5.74, 6) is -3.43. The molecule has 21 atom stereocenters. The van der Waals surface area contributed by atoms with Gasteiger partial charge in [-0.05, 0) is 107 Å². The summed E-state index contributed by atoms with van der Waals surface area (Å²) in [7, 11) is 0. The third kappa shape index (κ3) is 8.37. The van der Waals surface area contributed by atoms with Gasteiger partial charge in [-0.15, -0.1) is 0 Å². The van der Waals surface area contributed by atoms with Crippen molar-refractivity contribution >= 4 is 17.9 Å². The molecule has 6 fully saturated rings. The van der Waals surface area contributed by atoms with Crippen LogP contribution in [0.1, 0.15) is 114 Å². The Morgan fingerprint density at radius 3 is 1.96 bits per heavy atom. The van der Waals surface area contributed by atoms with Crippen LogP contribution in [0, 0.1) is 50.2 Å². The summed E-state index contributed by atoms with van der Waals surface area (Å²) in [5, 5.41) is 99.5. The maximum Gasteiger partial charge on any atom is 0.335 e. The average molecular weight is 979 g/mol. The number of aliphatic hydroxyl groups is 8. The van der Waals surface area contributed by atoms with Crippen LogP contribution in [0.4, 0.5) is 0 Å². The first-order valence-corrected chi connectivity index (χ1v) is 24.7. The second kappa shape index (κ2) is 19.2. The number of carboxylic acid groups (broad SMARTS) is 1. The minimum Gasteiger partial charge on any atom is -0.479 e. The first-order valence-electron chi connectivity index (χ1n) is 24.7. The number of aliphatic carboxylic acids is 1. The Balaban J connectivity index is 1.20. The van der Waals surface area contributed by atoms with E-state index in [9.17, 15) is 60.3 Å². The van der Waals surface area contributed by atoms with Gasteiger partial charge in [0.05, 0.1) is 37.4 Å². The quantitative estimate of drug-likeness (QED) is 0.0622. The van der Waals surface area contributed by atoms with Crippen LogP contribution in [0.5, 0.6) is 0 Å². The zero-order valence-corrected chi connectivity index (χ0v) is 41.7. The van der Waals surface area contributed by atoms with E-state index in [1.165, 1.54) is 0 Å². The summed E-state index contributed by atoms with van der Waals surface area (Å²) >= 11 is 0. The maximum absolute atomic E-state index is 13.7. The molecule has 0 spiro atoms. The number of esters is 2. The number of fused-ring (bicyclic) bond motifs is 7. The molecule has 0 aromatic carbocycles. The Morgan fingerprint density at radius 2 is 1.38 bits per heavy atom. The number of carboxylic acids is 1. The van der Waals surface area contributed by atoms with Crippen molar-refractivity contribution in [3.8, 4) is 0 Å². The molecule has 0 aromatic heterocycles. The van der Waals surface area contributed by atoms with Gasteiger partial charge < -0.3 is 74.4 Å². The Hall–Kier alpha value is -2.85. The van der Waals surface area contributed by atoms with Gasteiger partial charge in [-0.3, -0.25) is 0 Å².